The van der Waals surface area contributed by atoms with Crippen molar-refractivity contribution in [2.75, 3.05) is 6.54 Å². The highest BCUT2D eigenvalue weighted by molar-refractivity contribution is 5.96. The van der Waals surface area contributed by atoms with Gasteiger partial charge in [-0.3, -0.25) is 9.59 Å². The number of aromatic nitrogens is 1. The van der Waals surface area contributed by atoms with Crippen LogP contribution in [0.4, 0.5) is 0 Å². The van der Waals surface area contributed by atoms with Crippen LogP contribution in [0.25, 0.3) is 0 Å². The summed E-state index contributed by atoms with van der Waals surface area (Å²) in [5.74, 6) is -1.21. The molecule has 0 saturated carbocycles. The molecule has 0 aliphatic rings. The highest BCUT2D eigenvalue weighted by atomic mass is 16.4. The van der Waals surface area contributed by atoms with Crippen LogP contribution < -0.4 is 5.32 Å². The van der Waals surface area contributed by atoms with E-state index in [-0.39, 0.29) is 18.5 Å². The van der Waals surface area contributed by atoms with Crippen LogP contribution in [0.15, 0.2) is 36.4 Å². The first-order valence-electron chi connectivity index (χ1n) is 8.44. The van der Waals surface area contributed by atoms with Crippen molar-refractivity contribution < 1.29 is 14.7 Å². The third kappa shape index (κ3) is 3.60. The summed E-state index contributed by atoms with van der Waals surface area (Å²) < 4.78 is 2.10. The van der Waals surface area contributed by atoms with Crippen molar-refractivity contribution in [2.24, 2.45) is 0 Å². The lowest BCUT2D eigenvalue weighted by molar-refractivity contribution is -0.142. The van der Waals surface area contributed by atoms with E-state index in [0.717, 1.165) is 11.4 Å². The van der Waals surface area contributed by atoms with Gasteiger partial charge in [0.1, 0.15) is 5.41 Å². The van der Waals surface area contributed by atoms with E-state index in [2.05, 4.69) is 23.7 Å². The maximum absolute atomic E-state index is 12.6. The number of amides is 1. The van der Waals surface area contributed by atoms with Gasteiger partial charge < -0.3 is 15.0 Å². The molecule has 25 heavy (non-hydrogen) atoms. The van der Waals surface area contributed by atoms with E-state index in [1.165, 1.54) is 0 Å². The topological polar surface area (TPSA) is 71.3 Å². The highest BCUT2D eigenvalue weighted by Gasteiger charge is 2.35. The Morgan fingerprint density at radius 3 is 2.28 bits per heavy atom. The van der Waals surface area contributed by atoms with E-state index in [1.807, 2.05) is 26.0 Å². The molecular weight excluding hydrogens is 316 g/mol. The Labute approximate surface area is 148 Å². The van der Waals surface area contributed by atoms with Gasteiger partial charge in [0.2, 0.25) is 0 Å². The van der Waals surface area contributed by atoms with Crippen LogP contribution >= 0.6 is 0 Å². The minimum absolute atomic E-state index is 0.0243. The maximum atomic E-state index is 12.6. The number of carboxylic acids is 1. The molecule has 1 aromatic carbocycles. The number of nitrogens with one attached hydrogen (secondary N) is 1. The van der Waals surface area contributed by atoms with E-state index >= 15 is 0 Å². The summed E-state index contributed by atoms with van der Waals surface area (Å²) in [6.07, 6.45) is 0. The molecular formula is C20H26N2O3. The Balaban J connectivity index is 2.24. The maximum Gasteiger partial charge on any atom is 0.315 e. The minimum atomic E-state index is -1.18. The van der Waals surface area contributed by atoms with Gasteiger partial charge in [-0.2, -0.15) is 0 Å². The van der Waals surface area contributed by atoms with Gasteiger partial charge in [0.05, 0.1) is 5.56 Å². The molecule has 2 rings (SSSR count). The van der Waals surface area contributed by atoms with Crippen LogP contribution in [0.1, 0.15) is 54.1 Å². The summed E-state index contributed by atoms with van der Waals surface area (Å²) in [6.45, 7) is 9.67. The van der Waals surface area contributed by atoms with Crippen LogP contribution in [0.5, 0.6) is 0 Å². The lowest BCUT2D eigenvalue weighted by Gasteiger charge is -2.25. The van der Waals surface area contributed by atoms with Gasteiger partial charge in [-0.05, 0) is 46.2 Å². The number of aryl methyl sites for hydroxylation is 1. The summed E-state index contributed by atoms with van der Waals surface area (Å²) in [5, 5.41) is 12.5. The largest absolute Gasteiger partial charge is 0.481 e. The van der Waals surface area contributed by atoms with E-state index in [1.54, 1.807) is 31.2 Å². The van der Waals surface area contributed by atoms with Gasteiger partial charge in [0.25, 0.3) is 5.91 Å². The predicted octanol–water partition coefficient (Wildman–Crippen LogP) is 3.46. The van der Waals surface area contributed by atoms with E-state index in [4.69, 9.17) is 0 Å². The van der Waals surface area contributed by atoms with Gasteiger partial charge in [-0.1, -0.05) is 30.3 Å². The second-order valence-electron chi connectivity index (χ2n) is 6.93. The second-order valence-corrected chi connectivity index (χ2v) is 6.93. The molecule has 0 spiro atoms. The van der Waals surface area contributed by atoms with Gasteiger partial charge in [0, 0.05) is 24.0 Å². The molecule has 0 saturated heterocycles. The number of carboxylic acid groups (broad SMARTS) is 1. The number of nitrogens with zero attached hydrogens (tertiary/aromatic N) is 1. The van der Waals surface area contributed by atoms with Gasteiger partial charge in [-0.15, -0.1) is 0 Å². The SMILES string of the molecule is Cc1cc(C(=O)NCC(C)(C(=O)O)c2ccccc2)c(C)n1C(C)C. The molecule has 1 aromatic heterocycles. The zero-order valence-electron chi connectivity index (χ0n) is 15.5. The molecule has 134 valence electrons. The fourth-order valence-corrected chi connectivity index (χ4v) is 3.26. The Bertz CT molecular complexity index is 778. The standard InChI is InChI=1S/C20H26N2O3/c1-13(2)22-14(3)11-17(15(22)4)18(23)21-12-20(5,19(24)25)16-9-7-6-8-10-16/h6-11,13H,12H2,1-5H3,(H,21,23)(H,24,25). The molecule has 0 bridgehead atoms. The van der Waals surface area contributed by atoms with Crippen LogP contribution in [0.2, 0.25) is 0 Å². The smallest absolute Gasteiger partial charge is 0.315 e. The Hall–Kier alpha value is -2.56. The molecule has 1 amide bonds. The molecule has 1 atom stereocenters. The first-order chi connectivity index (χ1) is 11.7. The van der Waals surface area contributed by atoms with E-state index in [9.17, 15) is 14.7 Å². The van der Waals surface area contributed by atoms with Crippen molar-refractivity contribution in [3.05, 3.63) is 58.9 Å². The van der Waals surface area contributed by atoms with E-state index < -0.39 is 11.4 Å². The summed E-state index contributed by atoms with van der Waals surface area (Å²) in [4.78, 5) is 24.5. The molecule has 1 heterocycles. The Morgan fingerprint density at radius 1 is 1.20 bits per heavy atom. The first kappa shape index (κ1) is 18.8. The number of rotatable bonds is 6. The predicted molar refractivity (Wildman–Crippen MR) is 98.1 cm³/mol. The van der Waals surface area contributed by atoms with Crippen molar-refractivity contribution in [2.45, 2.75) is 46.1 Å². The minimum Gasteiger partial charge on any atom is -0.481 e. The molecule has 5 heteroatoms. The molecule has 1 unspecified atom stereocenters. The molecule has 5 nitrogen and oxygen atoms in total. The molecule has 0 fully saturated rings. The summed E-state index contributed by atoms with van der Waals surface area (Å²) >= 11 is 0. The molecule has 0 aliphatic carbocycles. The van der Waals surface area contributed by atoms with Crippen molar-refractivity contribution in [1.82, 2.24) is 9.88 Å². The zero-order chi connectivity index (χ0) is 18.8. The summed E-state index contributed by atoms with van der Waals surface area (Å²) in [6, 6.07) is 11.1. The first-order valence-corrected chi connectivity index (χ1v) is 8.44. The van der Waals surface area contributed by atoms with Crippen LogP contribution in [-0.2, 0) is 10.2 Å². The summed E-state index contributed by atoms with van der Waals surface area (Å²) in [7, 11) is 0. The highest BCUT2D eigenvalue weighted by Crippen LogP contribution is 2.24. The number of carbonyl (C=O) groups excluding carboxylic acids is 1. The van der Waals surface area contributed by atoms with Crippen LogP contribution in [-0.4, -0.2) is 28.1 Å². The monoisotopic (exact) mass is 342 g/mol. The summed E-state index contributed by atoms with van der Waals surface area (Å²) in [5.41, 5.74) is 1.98. The van der Waals surface area contributed by atoms with Crippen LogP contribution in [0, 0.1) is 13.8 Å². The third-order valence-electron chi connectivity index (χ3n) is 4.73. The number of carbonyl (C=O) groups is 2. The zero-order valence-corrected chi connectivity index (χ0v) is 15.5. The second kappa shape index (κ2) is 7.13. The van der Waals surface area contributed by atoms with Crippen molar-refractivity contribution in [3.63, 3.8) is 0 Å². The van der Waals surface area contributed by atoms with Gasteiger partial charge >= 0.3 is 5.97 Å². The van der Waals surface area contributed by atoms with Crippen molar-refractivity contribution in [3.8, 4) is 0 Å². The molecule has 0 aliphatic heterocycles. The molecule has 2 N–H and O–H groups in total. The van der Waals surface area contributed by atoms with Gasteiger partial charge in [0.15, 0.2) is 0 Å². The molecule has 2 aromatic rings. The number of hydrogen-bond acceptors (Lipinski definition) is 2. The third-order valence-corrected chi connectivity index (χ3v) is 4.73. The van der Waals surface area contributed by atoms with Gasteiger partial charge in [-0.25, -0.2) is 0 Å². The Kier molecular flexibility index (Phi) is 5.36. The average Bonchev–Trinajstić information content (AvgIpc) is 2.87. The number of hydrogen-bond donors (Lipinski definition) is 2. The lowest BCUT2D eigenvalue weighted by Crippen LogP contribution is -2.44. The van der Waals surface area contributed by atoms with Crippen molar-refractivity contribution in [1.29, 1.82) is 0 Å². The average molecular weight is 342 g/mol. The number of benzene rings is 1. The lowest BCUT2D eigenvalue weighted by atomic mass is 9.82. The van der Waals surface area contributed by atoms with Crippen LogP contribution in [0.3, 0.4) is 0 Å². The van der Waals surface area contributed by atoms with Crippen molar-refractivity contribution >= 4 is 11.9 Å². The fraction of sp³-hybridized carbons (Fsp3) is 0.400. The number of aliphatic carboxylic acids is 1. The fourth-order valence-electron chi connectivity index (χ4n) is 3.26. The normalized spacial score (nSPS) is 13.5. The van der Waals surface area contributed by atoms with E-state index in [0.29, 0.717) is 11.1 Å². The quantitative estimate of drug-likeness (QED) is 0.844. The Morgan fingerprint density at radius 2 is 1.80 bits per heavy atom. The molecule has 0 radical (unpaired) electrons.